The van der Waals surface area contributed by atoms with Gasteiger partial charge in [0.15, 0.2) is 0 Å². The van der Waals surface area contributed by atoms with Crippen LogP contribution in [-0.4, -0.2) is 29.4 Å². The molecule has 18 heavy (non-hydrogen) atoms. The van der Waals surface area contributed by atoms with Crippen LogP contribution >= 0.6 is 11.8 Å². The summed E-state index contributed by atoms with van der Waals surface area (Å²) in [6.45, 7) is 0.136. The van der Waals surface area contributed by atoms with E-state index in [1.807, 2.05) is 17.8 Å². The summed E-state index contributed by atoms with van der Waals surface area (Å²) in [7, 11) is 0. The summed E-state index contributed by atoms with van der Waals surface area (Å²) in [5.74, 6) is 0.874. The van der Waals surface area contributed by atoms with E-state index < -0.39 is 6.04 Å². The lowest BCUT2D eigenvalue weighted by molar-refractivity contribution is -0.123. The average Bonchev–Trinajstić information content (AvgIpc) is 2.43. The predicted molar refractivity (Wildman–Crippen MR) is 72.4 cm³/mol. The van der Waals surface area contributed by atoms with Crippen LogP contribution in [0.4, 0.5) is 0 Å². The SMILES string of the molecule is NC(CO)C(=O)NCc1ccc2c(c1)CCCS2. The normalized spacial score (nSPS) is 15.9. The van der Waals surface area contributed by atoms with Gasteiger partial charge in [0.05, 0.1) is 6.61 Å². The number of carbonyl (C=O) groups excluding carboxylic acids is 1. The zero-order chi connectivity index (χ0) is 13.0. The summed E-state index contributed by atoms with van der Waals surface area (Å²) in [6.07, 6.45) is 2.32. The van der Waals surface area contributed by atoms with Crippen LogP contribution in [0.3, 0.4) is 0 Å². The molecule has 0 aliphatic carbocycles. The number of benzene rings is 1. The highest BCUT2D eigenvalue weighted by atomic mass is 32.2. The summed E-state index contributed by atoms with van der Waals surface area (Å²) >= 11 is 1.89. The highest BCUT2D eigenvalue weighted by molar-refractivity contribution is 7.99. The molecule has 4 N–H and O–H groups in total. The molecule has 1 atom stereocenters. The third kappa shape index (κ3) is 3.25. The van der Waals surface area contributed by atoms with Crippen LogP contribution in [0.2, 0.25) is 0 Å². The molecule has 0 aromatic heterocycles. The van der Waals surface area contributed by atoms with Gasteiger partial charge in [-0.25, -0.2) is 0 Å². The van der Waals surface area contributed by atoms with Crippen molar-refractivity contribution in [3.63, 3.8) is 0 Å². The maximum atomic E-state index is 11.4. The van der Waals surface area contributed by atoms with Crippen molar-refractivity contribution < 1.29 is 9.90 Å². The van der Waals surface area contributed by atoms with Gasteiger partial charge in [-0.2, -0.15) is 0 Å². The Morgan fingerprint density at radius 3 is 3.17 bits per heavy atom. The van der Waals surface area contributed by atoms with E-state index >= 15 is 0 Å². The lowest BCUT2D eigenvalue weighted by Crippen LogP contribution is -2.42. The van der Waals surface area contributed by atoms with E-state index in [0.717, 1.165) is 12.0 Å². The number of fused-ring (bicyclic) bond motifs is 1. The molecule has 1 heterocycles. The van der Waals surface area contributed by atoms with Crippen LogP contribution in [0.25, 0.3) is 0 Å². The zero-order valence-electron chi connectivity index (χ0n) is 10.2. The van der Waals surface area contributed by atoms with Gasteiger partial charge in [-0.3, -0.25) is 4.79 Å². The molecule has 0 saturated heterocycles. The Balaban J connectivity index is 1.96. The highest BCUT2D eigenvalue weighted by Gasteiger charge is 2.13. The molecule has 1 unspecified atom stereocenters. The fourth-order valence-electron chi connectivity index (χ4n) is 1.93. The number of hydrogen-bond acceptors (Lipinski definition) is 4. The number of aliphatic hydroxyl groups is 1. The van der Waals surface area contributed by atoms with Crippen LogP contribution in [0.5, 0.6) is 0 Å². The van der Waals surface area contributed by atoms with Gasteiger partial charge in [0.2, 0.25) is 5.91 Å². The van der Waals surface area contributed by atoms with Gasteiger partial charge < -0.3 is 16.2 Å². The van der Waals surface area contributed by atoms with Crippen LogP contribution in [0.1, 0.15) is 17.5 Å². The van der Waals surface area contributed by atoms with Crippen molar-refractivity contribution in [1.29, 1.82) is 0 Å². The van der Waals surface area contributed by atoms with Gasteiger partial charge >= 0.3 is 0 Å². The number of nitrogens with one attached hydrogen (secondary N) is 1. The van der Waals surface area contributed by atoms with Crippen molar-refractivity contribution in [2.24, 2.45) is 5.73 Å². The van der Waals surface area contributed by atoms with Crippen molar-refractivity contribution in [2.45, 2.75) is 30.3 Å². The van der Waals surface area contributed by atoms with E-state index in [9.17, 15) is 4.79 Å². The summed E-state index contributed by atoms with van der Waals surface area (Å²) in [6, 6.07) is 5.46. The second kappa shape index (κ2) is 6.22. The van der Waals surface area contributed by atoms with E-state index in [-0.39, 0.29) is 12.5 Å². The maximum absolute atomic E-state index is 11.4. The smallest absolute Gasteiger partial charge is 0.239 e. The summed E-state index contributed by atoms with van der Waals surface area (Å²) in [5.41, 5.74) is 7.87. The molecule has 4 nitrogen and oxygen atoms in total. The van der Waals surface area contributed by atoms with Crippen LogP contribution in [0.15, 0.2) is 23.1 Å². The molecule has 2 rings (SSSR count). The maximum Gasteiger partial charge on any atom is 0.239 e. The van der Waals surface area contributed by atoms with Gasteiger partial charge in [-0.05, 0) is 35.8 Å². The molecule has 0 fully saturated rings. The topological polar surface area (TPSA) is 75.3 Å². The first kappa shape index (κ1) is 13.4. The monoisotopic (exact) mass is 266 g/mol. The number of nitrogens with two attached hydrogens (primary N) is 1. The molecular formula is C13H18N2O2S. The second-order valence-electron chi connectivity index (χ2n) is 4.40. The van der Waals surface area contributed by atoms with Gasteiger partial charge in [0.25, 0.3) is 0 Å². The minimum absolute atomic E-state index is 0.315. The number of rotatable bonds is 4. The van der Waals surface area contributed by atoms with Crippen molar-refractivity contribution in [3.8, 4) is 0 Å². The van der Waals surface area contributed by atoms with Crippen LogP contribution < -0.4 is 11.1 Å². The number of aliphatic hydroxyl groups excluding tert-OH is 1. The van der Waals surface area contributed by atoms with Crippen molar-refractivity contribution >= 4 is 17.7 Å². The Bertz CT molecular complexity index is 437. The Kier molecular flexibility index (Phi) is 4.63. The van der Waals surface area contributed by atoms with E-state index in [4.69, 9.17) is 10.8 Å². The fraction of sp³-hybridized carbons (Fsp3) is 0.462. The molecule has 0 bridgehead atoms. The van der Waals surface area contributed by atoms with Crippen LogP contribution in [0, 0.1) is 0 Å². The number of carbonyl (C=O) groups is 1. The first-order chi connectivity index (χ1) is 8.70. The Morgan fingerprint density at radius 1 is 1.56 bits per heavy atom. The number of amides is 1. The van der Waals surface area contributed by atoms with Gasteiger partial charge in [0.1, 0.15) is 6.04 Å². The van der Waals surface area contributed by atoms with Crippen molar-refractivity contribution in [2.75, 3.05) is 12.4 Å². The van der Waals surface area contributed by atoms with Crippen LogP contribution in [-0.2, 0) is 17.8 Å². The Labute approximate surface area is 111 Å². The first-order valence-electron chi connectivity index (χ1n) is 6.09. The average molecular weight is 266 g/mol. The second-order valence-corrected chi connectivity index (χ2v) is 5.54. The molecule has 1 aromatic carbocycles. The van der Waals surface area contributed by atoms with E-state index in [2.05, 4.69) is 17.4 Å². The van der Waals surface area contributed by atoms with Gasteiger partial charge in [-0.15, -0.1) is 11.8 Å². The standard InChI is InChI=1S/C13H18N2O2S/c14-11(8-16)13(17)15-7-9-3-4-12-10(6-9)2-1-5-18-12/h3-4,6,11,16H,1-2,5,7-8,14H2,(H,15,17). The Hall–Kier alpha value is -1.04. The number of aryl methyl sites for hydroxylation is 1. The molecule has 1 aliphatic heterocycles. The fourth-order valence-corrected chi connectivity index (χ4v) is 2.95. The number of hydrogen-bond donors (Lipinski definition) is 3. The minimum atomic E-state index is -0.835. The summed E-state index contributed by atoms with van der Waals surface area (Å²) < 4.78 is 0. The van der Waals surface area contributed by atoms with Crippen molar-refractivity contribution in [1.82, 2.24) is 5.32 Å². The van der Waals surface area contributed by atoms with Gasteiger partial charge in [0, 0.05) is 11.4 Å². The van der Waals surface area contributed by atoms with Gasteiger partial charge in [-0.1, -0.05) is 12.1 Å². The molecular weight excluding hydrogens is 248 g/mol. The molecule has 0 spiro atoms. The molecule has 1 amide bonds. The molecule has 0 radical (unpaired) electrons. The lowest BCUT2D eigenvalue weighted by atomic mass is 10.1. The molecule has 98 valence electrons. The first-order valence-corrected chi connectivity index (χ1v) is 7.08. The molecule has 5 heteroatoms. The largest absolute Gasteiger partial charge is 0.394 e. The summed E-state index contributed by atoms with van der Waals surface area (Å²) in [4.78, 5) is 12.8. The highest BCUT2D eigenvalue weighted by Crippen LogP contribution is 2.30. The molecule has 0 saturated carbocycles. The zero-order valence-corrected chi connectivity index (χ0v) is 11.0. The summed E-state index contributed by atoms with van der Waals surface area (Å²) in [5, 5.41) is 11.5. The van der Waals surface area contributed by atoms with E-state index in [1.165, 1.54) is 22.6 Å². The third-order valence-corrected chi connectivity index (χ3v) is 4.18. The number of thioether (sulfide) groups is 1. The quantitative estimate of drug-likeness (QED) is 0.748. The third-order valence-electron chi connectivity index (χ3n) is 2.97. The Morgan fingerprint density at radius 2 is 2.39 bits per heavy atom. The minimum Gasteiger partial charge on any atom is -0.394 e. The lowest BCUT2D eigenvalue weighted by Gasteiger charge is -2.16. The van der Waals surface area contributed by atoms with E-state index in [0.29, 0.717) is 6.54 Å². The molecule has 1 aromatic rings. The molecule has 1 aliphatic rings. The predicted octanol–water partition coefficient (Wildman–Crippen LogP) is 0.661. The van der Waals surface area contributed by atoms with Crippen molar-refractivity contribution in [3.05, 3.63) is 29.3 Å². The van der Waals surface area contributed by atoms with E-state index in [1.54, 1.807) is 0 Å².